The highest BCUT2D eigenvalue weighted by Crippen LogP contribution is 2.27. The maximum atomic E-state index is 13.2. The number of aryl methyl sites for hydroxylation is 2. The average Bonchev–Trinajstić information content (AvgIpc) is 2.72. The number of hydrogen-bond donors (Lipinski definition) is 1. The van der Waals surface area contributed by atoms with Gasteiger partial charge in [0.2, 0.25) is 5.91 Å². The fraction of sp³-hybridized carbons (Fsp3) is 0.417. The Balaban J connectivity index is 2.27. The quantitative estimate of drug-likeness (QED) is 0.462. The summed E-state index contributed by atoms with van der Waals surface area (Å²) in [6.07, 6.45) is 0.449. The predicted octanol–water partition coefficient (Wildman–Crippen LogP) is 5.97. The summed E-state index contributed by atoms with van der Waals surface area (Å²) in [6.45, 7) is 9.36. The summed E-state index contributed by atoms with van der Waals surface area (Å²) in [5, 5.41) is 4.38. The van der Waals surface area contributed by atoms with Gasteiger partial charge in [-0.3, -0.25) is 9.59 Å². The smallest absolute Gasteiger partial charge is 0.261 e. The van der Waals surface area contributed by atoms with E-state index in [4.69, 9.17) is 39.5 Å². The minimum Gasteiger partial charge on any atom is -0.484 e. The first-order valence-electron chi connectivity index (χ1n) is 10.5. The van der Waals surface area contributed by atoms with Crippen LogP contribution in [0, 0.1) is 13.8 Å². The van der Waals surface area contributed by atoms with E-state index < -0.39 is 6.04 Å². The molecule has 2 rings (SSSR count). The second-order valence-electron chi connectivity index (χ2n) is 8.02. The monoisotopic (exact) mass is 498 g/mol. The number of amides is 2. The summed E-state index contributed by atoms with van der Waals surface area (Å²) in [5.41, 5.74) is 2.50. The zero-order valence-corrected chi connectivity index (χ0v) is 21.2. The van der Waals surface area contributed by atoms with Crippen molar-refractivity contribution in [2.75, 3.05) is 6.61 Å². The summed E-state index contributed by atoms with van der Waals surface area (Å²) in [7, 11) is 0. The van der Waals surface area contributed by atoms with Crippen LogP contribution in [0.3, 0.4) is 0 Å². The Hall–Kier alpha value is -1.95. The van der Waals surface area contributed by atoms with Crippen LogP contribution >= 0.6 is 34.8 Å². The Kier molecular flexibility index (Phi) is 9.68. The number of halogens is 3. The van der Waals surface area contributed by atoms with E-state index in [0.717, 1.165) is 16.7 Å². The molecule has 0 aliphatic rings. The normalized spacial score (nSPS) is 11.9. The zero-order chi connectivity index (χ0) is 24.0. The zero-order valence-electron chi connectivity index (χ0n) is 19.0. The summed E-state index contributed by atoms with van der Waals surface area (Å²) in [5.74, 6) is 0.0214. The van der Waals surface area contributed by atoms with Gasteiger partial charge in [0, 0.05) is 17.6 Å². The third kappa shape index (κ3) is 7.03. The largest absolute Gasteiger partial charge is 0.484 e. The lowest BCUT2D eigenvalue weighted by Crippen LogP contribution is -2.51. The van der Waals surface area contributed by atoms with Gasteiger partial charge < -0.3 is 15.0 Å². The van der Waals surface area contributed by atoms with Crippen LogP contribution < -0.4 is 10.1 Å². The lowest BCUT2D eigenvalue weighted by molar-refractivity contribution is -0.143. The van der Waals surface area contributed by atoms with Crippen LogP contribution in [-0.2, 0) is 16.1 Å². The minimum absolute atomic E-state index is 0.0465. The summed E-state index contributed by atoms with van der Waals surface area (Å²) >= 11 is 18.4. The van der Waals surface area contributed by atoms with E-state index in [2.05, 4.69) is 5.32 Å². The molecule has 0 unspecified atom stereocenters. The van der Waals surface area contributed by atoms with Crippen molar-refractivity contribution in [3.05, 3.63) is 62.1 Å². The molecular formula is C24H29Cl3N2O3. The molecule has 0 heterocycles. The number of carbonyl (C=O) groups is 2. The van der Waals surface area contributed by atoms with Crippen molar-refractivity contribution in [1.82, 2.24) is 10.2 Å². The first kappa shape index (κ1) is 26.3. The van der Waals surface area contributed by atoms with Gasteiger partial charge in [0.15, 0.2) is 6.61 Å². The van der Waals surface area contributed by atoms with E-state index in [9.17, 15) is 9.59 Å². The molecule has 1 atom stereocenters. The Bertz CT molecular complexity index is 956. The van der Waals surface area contributed by atoms with E-state index >= 15 is 0 Å². The van der Waals surface area contributed by atoms with E-state index in [1.165, 1.54) is 4.90 Å². The minimum atomic E-state index is -0.656. The van der Waals surface area contributed by atoms with Crippen LogP contribution in [0.1, 0.15) is 43.9 Å². The molecular weight excluding hydrogens is 471 g/mol. The van der Waals surface area contributed by atoms with Crippen molar-refractivity contribution < 1.29 is 14.3 Å². The third-order valence-electron chi connectivity index (χ3n) is 4.93. The standard InChI is InChI=1S/C24H29Cl3N2O3/c1-6-21(24(31)28-14(2)3)29(12-17-7-8-19(25)20(26)11-17)22(30)13-32-18-9-15(4)23(27)16(5)10-18/h7-11,14,21H,6,12-13H2,1-5H3,(H,28,31)/t21-/m1/s1. The topological polar surface area (TPSA) is 58.6 Å². The molecule has 0 radical (unpaired) electrons. The van der Waals surface area contributed by atoms with Crippen molar-refractivity contribution in [2.45, 2.75) is 59.7 Å². The SMILES string of the molecule is CC[C@H](C(=O)NC(C)C)N(Cc1ccc(Cl)c(Cl)c1)C(=O)COc1cc(C)c(Cl)c(C)c1. The van der Waals surface area contributed by atoms with E-state index in [-0.39, 0.29) is 31.0 Å². The van der Waals surface area contributed by atoms with Crippen LogP contribution in [0.2, 0.25) is 15.1 Å². The van der Waals surface area contributed by atoms with Crippen LogP contribution in [-0.4, -0.2) is 35.4 Å². The highest BCUT2D eigenvalue weighted by atomic mass is 35.5. The third-order valence-corrected chi connectivity index (χ3v) is 6.26. The molecule has 2 amide bonds. The van der Waals surface area contributed by atoms with E-state index in [1.54, 1.807) is 30.3 Å². The van der Waals surface area contributed by atoms with E-state index in [0.29, 0.717) is 27.2 Å². The number of ether oxygens (including phenoxy) is 1. The number of hydrogen-bond acceptors (Lipinski definition) is 3. The second-order valence-corrected chi connectivity index (χ2v) is 9.21. The molecule has 2 aromatic rings. The fourth-order valence-electron chi connectivity index (χ4n) is 3.35. The van der Waals surface area contributed by atoms with Gasteiger partial charge in [-0.15, -0.1) is 0 Å². The Labute approximate surface area is 205 Å². The maximum absolute atomic E-state index is 13.2. The van der Waals surface area contributed by atoms with Gasteiger partial charge in [0.05, 0.1) is 10.0 Å². The first-order valence-corrected chi connectivity index (χ1v) is 11.6. The van der Waals surface area contributed by atoms with Crippen LogP contribution in [0.15, 0.2) is 30.3 Å². The molecule has 0 aliphatic heterocycles. The highest BCUT2D eigenvalue weighted by molar-refractivity contribution is 6.42. The molecule has 1 N–H and O–H groups in total. The molecule has 0 spiro atoms. The van der Waals surface area contributed by atoms with Crippen molar-refractivity contribution in [2.24, 2.45) is 0 Å². The molecule has 32 heavy (non-hydrogen) atoms. The molecule has 5 nitrogen and oxygen atoms in total. The van der Waals surface area contributed by atoms with Crippen LogP contribution in [0.25, 0.3) is 0 Å². The number of benzene rings is 2. The lowest BCUT2D eigenvalue weighted by atomic mass is 10.1. The van der Waals surface area contributed by atoms with Crippen molar-refractivity contribution in [1.29, 1.82) is 0 Å². The first-order chi connectivity index (χ1) is 15.0. The molecule has 8 heteroatoms. The number of nitrogens with one attached hydrogen (secondary N) is 1. The average molecular weight is 500 g/mol. The highest BCUT2D eigenvalue weighted by Gasteiger charge is 2.29. The Morgan fingerprint density at radius 3 is 2.19 bits per heavy atom. The van der Waals surface area contributed by atoms with Crippen LogP contribution in [0.5, 0.6) is 5.75 Å². The molecule has 0 saturated heterocycles. The number of nitrogens with zero attached hydrogens (tertiary/aromatic N) is 1. The Morgan fingerprint density at radius 2 is 1.66 bits per heavy atom. The van der Waals surface area contributed by atoms with Gasteiger partial charge in [-0.2, -0.15) is 0 Å². The van der Waals surface area contributed by atoms with Gasteiger partial charge in [-0.25, -0.2) is 0 Å². The predicted molar refractivity (Wildman–Crippen MR) is 131 cm³/mol. The maximum Gasteiger partial charge on any atom is 0.261 e. The summed E-state index contributed by atoms with van der Waals surface area (Å²) in [4.78, 5) is 27.6. The second kappa shape index (κ2) is 11.8. The van der Waals surface area contributed by atoms with Gasteiger partial charge >= 0.3 is 0 Å². The van der Waals surface area contributed by atoms with Gasteiger partial charge in [-0.05, 0) is 75.1 Å². The van der Waals surface area contributed by atoms with Gasteiger partial charge in [0.25, 0.3) is 5.91 Å². The molecule has 0 aliphatic carbocycles. The van der Waals surface area contributed by atoms with Crippen LogP contribution in [0.4, 0.5) is 0 Å². The number of carbonyl (C=O) groups excluding carboxylic acids is 2. The molecule has 0 fully saturated rings. The Morgan fingerprint density at radius 1 is 1.03 bits per heavy atom. The summed E-state index contributed by atoms with van der Waals surface area (Å²) in [6, 6.07) is 8.03. The van der Waals surface area contributed by atoms with E-state index in [1.807, 2.05) is 34.6 Å². The molecule has 0 saturated carbocycles. The molecule has 2 aromatic carbocycles. The van der Waals surface area contributed by atoms with Crippen molar-refractivity contribution in [3.8, 4) is 5.75 Å². The number of rotatable bonds is 9. The van der Waals surface area contributed by atoms with Crippen molar-refractivity contribution >= 4 is 46.6 Å². The molecule has 174 valence electrons. The lowest BCUT2D eigenvalue weighted by Gasteiger charge is -2.31. The fourth-order valence-corrected chi connectivity index (χ4v) is 3.78. The van der Waals surface area contributed by atoms with Gasteiger partial charge in [-0.1, -0.05) is 47.8 Å². The summed E-state index contributed by atoms with van der Waals surface area (Å²) < 4.78 is 5.77. The molecule has 0 aromatic heterocycles. The molecule has 0 bridgehead atoms. The van der Waals surface area contributed by atoms with Crippen molar-refractivity contribution in [3.63, 3.8) is 0 Å². The van der Waals surface area contributed by atoms with Gasteiger partial charge in [0.1, 0.15) is 11.8 Å².